The zero-order valence-corrected chi connectivity index (χ0v) is 9.94. The van der Waals surface area contributed by atoms with Crippen molar-refractivity contribution in [2.24, 2.45) is 0 Å². The highest BCUT2D eigenvalue weighted by atomic mass is 32.2. The number of benzene rings is 1. The van der Waals surface area contributed by atoms with Crippen LogP contribution in [0.1, 0.15) is 26.2 Å². The van der Waals surface area contributed by atoms with Gasteiger partial charge >= 0.3 is 0 Å². The van der Waals surface area contributed by atoms with Crippen LogP contribution in [-0.2, 0) is 0 Å². The summed E-state index contributed by atoms with van der Waals surface area (Å²) in [6.07, 6.45) is 2.79. The van der Waals surface area contributed by atoms with E-state index < -0.39 is 10.4 Å². The number of thioether (sulfide) groups is 1. The minimum absolute atomic E-state index is 0.0763. The summed E-state index contributed by atoms with van der Waals surface area (Å²) in [6.45, 7) is 2.07. The van der Waals surface area contributed by atoms with Crippen LogP contribution in [-0.4, -0.2) is 15.5 Å². The first-order chi connectivity index (χ1) is 7.63. The number of hydrogen-bond acceptors (Lipinski definition) is 4. The molecule has 5 heteroatoms. The van der Waals surface area contributed by atoms with Crippen LogP contribution in [0.25, 0.3) is 0 Å². The first kappa shape index (κ1) is 13.0. The summed E-state index contributed by atoms with van der Waals surface area (Å²) < 4.78 is 0. The molecule has 0 amide bonds. The first-order valence-corrected chi connectivity index (χ1v) is 6.10. The summed E-state index contributed by atoms with van der Waals surface area (Å²) in [4.78, 5) is 10.9. The number of hydrogen-bond donors (Lipinski definition) is 1. The van der Waals surface area contributed by atoms with Gasteiger partial charge in [-0.05, 0) is 18.6 Å². The molecule has 1 aromatic rings. The van der Waals surface area contributed by atoms with Crippen molar-refractivity contribution in [3.63, 3.8) is 0 Å². The van der Waals surface area contributed by atoms with Crippen LogP contribution in [0.2, 0.25) is 0 Å². The fraction of sp³-hybridized carbons (Fsp3) is 0.455. The van der Waals surface area contributed by atoms with Crippen LogP contribution in [0.4, 0.5) is 5.69 Å². The summed E-state index contributed by atoms with van der Waals surface area (Å²) in [5.74, 6) is 0. The number of aliphatic hydroxyl groups excluding tert-OH is 1. The Bertz CT molecular complexity index is 340. The number of aliphatic hydroxyl groups is 1. The molecule has 0 aliphatic rings. The molecule has 0 fully saturated rings. The van der Waals surface area contributed by atoms with E-state index in [1.807, 2.05) is 0 Å². The van der Waals surface area contributed by atoms with E-state index in [-0.39, 0.29) is 5.69 Å². The van der Waals surface area contributed by atoms with Crippen molar-refractivity contribution in [1.29, 1.82) is 0 Å². The van der Waals surface area contributed by atoms with Crippen molar-refractivity contribution in [2.45, 2.75) is 36.5 Å². The lowest BCUT2D eigenvalue weighted by Crippen LogP contribution is -1.99. The number of non-ortho nitro benzene ring substituents is 1. The van der Waals surface area contributed by atoms with E-state index in [2.05, 4.69) is 6.92 Å². The van der Waals surface area contributed by atoms with Gasteiger partial charge in [0.2, 0.25) is 0 Å². The number of unbranched alkanes of at least 4 members (excludes halogenated alkanes) is 1. The molecule has 1 aromatic carbocycles. The average Bonchev–Trinajstić information content (AvgIpc) is 2.27. The van der Waals surface area contributed by atoms with Crippen molar-refractivity contribution >= 4 is 17.4 Å². The predicted molar refractivity (Wildman–Crippen MR) is 64.5 cm³/mol. The minimum Gasteiger partial charge on any atom is -0.382 e. The molecule has 1 N–H and O–H groups in total. The topological polar surface area (TPSA) is 63.4 Å². The third kappa shape index (κ3) is 4.20. The van der Waals surface area contributed by atoms with E-state index >= 15 is 0 Å². The second-order valence-electron chi connectivity index (χ2n) is 3.47. The highest BCUT2D eigenvalue weighted by Crippen LogP contribution is 2.26. The molecule has 0 radical (unpaired) electrons. The summed E-state index contributed by atoms with van der Waals surface area (Å²) in [6, 6.07) is 6.24. The fourth-order valence-electron chi connectivity index (χ4n) is 1.24. The maximum absolute atomic E-state index is 10.4. The SMILES string of the molecule is CCCCC(O)Sc1ccc([N+](=O)[O-])cc1. The van der Waals surface area contributed by atoms with Gasteiger partial charge in [-0.3, -0.25) is 10.1 Å². The van der Waals surface area contributed by atoms with Crippen LogP contribution in [0.5, 0.6) is 0 Å². The van der Waals surface area contributed by atoms with Crippen molar-refractivity contribution < 1.29 is 10.0 Å². The molecule has 0 aromatic heterocycles. The Labute approximate surface area is 98.8 Å². The van der Waals surface area contributed by atoms with Crippen molar-refractivity contribution in [2.75, 3.05) is 0 Å². The van der Waals surface area contributed by atoms with E-state index in [4.69, 9.17) is 0 Å². The van der Waals surface area contributed by atoms with E-state index in [9.17, 15) is 15.2 Å². The summed E-state index contributed by atoms with van der Waals surface area (Å²) >= 11 is 1.34. The molecule has 0 aliphatic carbocycles. The molecule has 0 heterocycles. The molecule has 0 saturated heterocycles. The lowest BCUT2D eigenvalue weighted by atomic mass is 10.3. The number of nitrogens with zero attached hydrogens (tertiary/aromatic N) is 1. The van der Waals surface area contributed by atoms with Crippen LogP contribution in [0, 0.1) is 10.1 Å². The second kappa shape index (κ2) is 6.50. The van der Waals surface area contributed by atoms with Gasteiger partial charge in [-0.1, -0.05) is 31.5 Å². The first-order valence-electron chi connectivity index (χ1n) is 5.22. The van der Waals surface area contributed by atoms with E-state index in [1.54, 1.807) is 12.1 Å². The number of nitro benzene ring substituents is 1. The Morgan fingerprint density at radius 2 is 2.06 bits per heavy atom. The summed E-state index contributed by atoms with van der Waals surface area (Å²) in [5, 5.41) is 20.1. The van der Waals surface area contributed by atoms with Gasteiger partial charge in [-0.2, -0.15) is 0 Å². The maximum atomic E-state index is 10.4. The smallest absolute Gasteiger partial charge is 0.269 e. The van der Waals surface area contributed by atoms with Crippen LogP contribution in [0.3, 0.4) is 0 Å². The summed E-state index contributed by atoms with van der Waals surface area (Å²) in [5.41, 5.74) is -0.353. The third-order valence-electron chi connectivity index (χ3n) is 2.12. The monoisotopic (exact) mass is 241 g/mol. The van der Waals surface area contributed by atoms with Gasteiger partial charge in [-0.15, -0.1) is 0 Å². The minimum atomic E-state index is -0.429. The molecular weight excluding hydrogens is 226 g/mol. The predicted octanol–water partition coefficient (Wildman–Crippen LogP) is 3.20. The Morgan fingerprint density at radius 1 is 1.44 bits per heavy atom. The normalized spacial score (nSPS) is 12.4. The average molecular weight is 241 g/mol. The molecule has 0 aliphatic heterocycles. The Hall–Kier alpha value is -1.07. The highest BCUT2D eigenvalue weighted by molar-refractivity contribution is 7.99. The van der Waals surface area contributed by atoms with Crippen LogP contribution in [0.15, 0.2) is 29.2 Å². The maximum Gasteiger partial charge on any atom is 0.269 e. The molecule has 0 bridgehead atoms. The van der Waals surface area contributed by atoms with Gasteiger partial charge < -0.3 is 5.11 Å². The standard InChI is InChI=1S/C11H15NO3S/c1-2-3-4-11(13)16-10-7-5-9(6-8-10)12(14)15/h5-8,11,13H,2-4H2,1H3. The number of rotatable bonds is 6. The zero-order chi connectivity index (χ0) is 12.0. The lowest BCUT2D eigenvalue weighted by molar-refractivity contribution is -0.384. The van der Waals surface area contributed by atoms with Gasteiger partial charge in [0.1, 0.15) is 5.44 Å². The fourth-order valence-corrected chi connectivity index (χ4v) is 2.13. The molecule has 1 rings (SSSR count). The lowest BCUT2D eigenvalue weighted by Gasteiger charge is -2.08. The molecule has 1 unspecified atom stereocenters. The molecule has 88 valence electrons. The largest absolute Gasteiger partial charge is 0.382 e. The summed E-state index contributed by atoms with van der Waals surface area (Å²) in [7, 11) is 0. The van der Waals surface area contributed by atoms with Gasteiger partial charge in [0, 0.05) is 17.0 Å². The second-order valence-corrected chi connectivity index (χ2v) is 4.72. The van der Waals surface area contributed by atoms with E-state index in [0.717, 1.165) is 24.2 Å². The molecule has 1 atom stereocenters. The molecule has 0 saturated carbocycles. The van der Waals surface area contributed by atoms with Crippen LogP contribution < -0.4 is 0 Å². The Balaban J connectivity index is 2.51. The zero-order valence-electron chi connectivity index (χ0n) is 9.13. The number of nitro groups is 1. The van der Waals surface area contributed by atoms with Gasteiger partial charge in [0.15, 0.2) is 0 Å². The van der Waals surface area contributed by atoms with Gasteiger partial charge in [-0.25, -0.2) is 0 Å². The van der Waals surface area contributed by atoms with Gasteiger partial charge in [0.25, 0.3) is 5.69 Å². The van der Waals surface area contributed by atoms with E-state index in [0.29, 0.717) is 0 Å². The molecular formula is C11H15NO3S. The van der Waals surface area contributed by atoms with Crippen molar-refractivity contribution in [3.05, 3.63) is 34.4 Å². The highest BCUT2D eigenvalue weighted by Gasteiger charge is 2.08. The quantitative estimate of drug-likeness (QED) is 0.359. The van der Waals surface area contributed by atoms with Crippen LogP contribution >= 0.6 is 11.8 Å². The Morgan fingerprint density at radius 3 is 2.56 bits per heavy atom. The third-order valence-corrected chi connectivity index (χ3v) is 3.18. The molecule has 4 nitrogen and oxygen atoms in total. The molecule has 0 spiro atoms. The Kier molecular flexibility index (Phi) is 5.28. The van der Waals surface area contributed by atoms with Crippen molar-refractivity contribution in [3.8, 4) is 0 Å². The van der Waals surface area contributed by atoms with Gasteiger partial charge in [0.05, 0.1) is 4.92 Å². The molecule has 16 heavy (non-hydrogen) atoms. The van der Waals surface area contributed by atoms with Crippen molar-refractivity contribution in [1.82, 2.24) is 0 Å². The van der Waals surface area contributed by atoms with E-state index in [1.165, 1.54) is 23.9 Å².